The molecule has 0 heterocycles. The maximum absolute atomic E-state index is 12.4. The van der Waals surface area contributed by atoms with Crippen LogP contribution in [0.4, 0.5) is 13.2 Å². The molecule has 0 aliphatic rings. The van der Waals surface area contributed by atoms with Crippen LogP contribution in [0.5, 0.6) is 0 Å². The number of rotatable bonds is 3. The first-order valence-electron chi connectivity index (χ1n) is 4.84. The molecule has 1 N–H and O–H groups in total. The van der Waals surface area contributed by atoms with E-state index in [1.54, 1.807) is 6.07 Å². The quantitative estimate of drug-likeness (QED) is 0.684. The number of aliphatic hydroxyl groups is 1. The molecule has 0 saturated carbocycles. The van der Waals surface area contributed by atoms with E-state index in [4.69, 9.17) is 10.4 Å². The molecule has 0 atom stereocenters. The number of nitrogens with zero attached hydrogens (tertiary/aromatic N) is 1. The topological polar surface area (TPSA) is 70.3 Å². The number of hydrogen-bond donors (Lipinski definition) is 1. The number of methoxy groups -OCH3 is 1. The summed E-state index contributed by atoms with van der Waals surface area (Å²) in [6.45, 7) is -0.733. The van der Waals surface area contributed by atoms with Crippen molar-refractivity contribution in [2.24, 2.45) is 0 Å². The van der Waals surface area contributed by atoms with E-state index in [0.717, 1.165) is 19.2 Å². The van der Waals surface area contributed by atoms with E-state index in [9.17, 15) is 18.0 Å². The molecule has 0 saturated heterocycles. The minimum atomic E-state index is -4.59. The van der Waals surface area contributed by atoms with Gasteiger partial charge in [0.1, 0.15) is 0 Å². The predicted molar refractivity (Wildman–Crippen MR) is 60.3 cm³/mol. The summed E-state index contributed by atoms with van der Waals surface area (Å²) in [5, 5.41) is 17.9. The maximum Gasteiger partial charge on any atom is 0.446 e. The van der Waals surface area contributed by atoms with Crippen LogP contribution in [0.1, 0.15) is 21.5 Å². The average Bonchev–Trinajstić information content (AvgIpc) is 2.34. The molecule has 0 fully saturated rings. The number of carbonyl (C=O) groups excluding carboxylic acids is 1. The second-order valence-corrected chi connectivity index (χ2v) is 4.42. The standard InChI is InChI=1S/C11H8F3NO3S/c1-18-10(17)6-2-7(4-15)8(5-16)9(3-6)19-11(12,13)14/h2-3,16H,5H2,1H3. The van der Waals surface area contributed by atoms with Crippen molar-refractivity contribution in [1.82, 2.24) is 0 Å². The molecule has 0 radical (unpaired) electrons. The zero-order chi connectivity index (χ0) is 14.6. The number of esters is 1. The van der Waals surface area contributed by atoms with Crippen LogP contribution in [0.3, 0.4) is 0 Å². The summed E-state index contributed by atoms with van der Waals surface area (Å²) in [6.07, 6.45) is 0. The molecule has 0 amide bonds. The van der Waals surface area contributed by atoms with Crippen LogP contribution in [-0.2, 0) is 11.3 Å². The van der Waals surface area contributed by atoms with Crippen LogP contribution in [0, 0.1) is 11.3 Å². The molecule has 0 aromatic heterocycles. The summed E-state index contributed by atoms with van der Waals surface area (Å²) < 4.78 is 41.6. The molecule has 0 aliphatic heterocycles. The molecule has 4 nitrogen and oxygen atoms in total. The summed E-state index contributed by atoms with van der Waals surface area (Å²) in [6, 6.07) is 3.67. The fourth-order valence-electron chi connectivity index (χ4n) is 1.36. The molecular formula is C11H8F3NO3S. The number of alkyl halides is 3. The van der Waals surface area contributed by atoms with Crippen molar-refractivity contribution in [1.29, 1.82) is 5.26 Å². The molecule has 1 aromatic rings. The number of thioether (sulfide) groups is 1. The number of aliphatic hydroxyl groups excluding tert-OH is 1. The van der Waals surface area contributed by atoms with Crippen LogP contribution >= 0.6 is 11.8 Å². The Hall–Kier alpha value is -1.72. The fourth-order valence-corrected chi connectivity index (χ4v) is 2.09. The van der Waals surface area contributed by atoms with Crippen molar-refractivity contribution in [2.45, 2.75) is 17.0 Å². The minimum absolute atomic E-state index is 0.169. The number of halogens is 3. The third-order valence-corrected chi connectivity index (χ3v) is 2.95. The monoisotopic (exact) mass is 291 g/mol. The van der Waals surface area contributed by atoms with E-state index >= 15 is 0 Å². The van der Waals surface area contributed by atoms with Gasteiger partial charge in [-0.2, -0.15) is 18.4 Å². The third kappa shape index (κ3) is 3.87. The normalized spacial score (nSPS) is 10.9. The van der Waals surface area contributed by atoms with Gasteiger partial charge in [0, 0.05) is 10.5 Å². The second-order valence-electron chi connectivity index (χ2n) is 3.31. The summed E-state index contributed by atoms with van der Waals surface area (Å²) >= 11 is -0.495. The average molecular weight is 291 g/mol. The van der Waals surface area contributed by atoms with Crippen LogP contribution in [0.15, 0.2) is 17.0 Å². The first kappa shape index (κ1) is 15.3. The predicted octanol–water partition coefficient (Wildman–Crippen LogP) is 2.45. The van der Waals surface area contributed by atoms with Gasteiger partial charge < -0.3 is 9.84 Å². The number of ether oxygens (including phenoxy) is 1. The van der Waals surface area contributed by atoms with Gasteiger partial charge in [-0.1, -0.05) is 0 Å². The highest BCUT2D eigenvalue weighted by molar-refractivity contribution is 8.00. The van der Waals surface area contributed by atoms with Crippen molar-refractivity contribution in [2.75, 3.05) is 7.11 Å². The summed E-state index contributed by atoms with van der Waals surface area (Å²) in [4.78, 5) is 10.9. The van der Waals surface area contributed by atoms with Gasteiger partial charge in [0.15, 0.2) is 0 Å². The Kier molecular flexibility index (Phi) is 4.80. The van der Waals surface area contributed by atoms with Gasteiger partial charge in [-0.05, 0) is 23.9 Å². The van der Waals surface area contributed by atoms with Gasteiger partial charge in [-0.3, -0.25) is 0 Å². The Morgan fingerprint density at radius 1 is 1.53 bits per heavy atom. The zero-order valence-corrected chi connectivity index (χ0v) is 10.4. The molecule has 19 heavy (non-hydrogen) atoms. The van der Waals surface area contributed by atoms with Crippen molar-refractivity contribution in [3.63, 3.8) is 0 Å². The Labute approximate surface area is 110 Å². The lowest BCUT2D eigenvalue weighted by Gasteiger charge is -2.12. The van der Waals surface area contributed by atoms with Crippen molar-refractivity contribution in [3.8, 4) is 6.07 Å². The van der Waals surface area contributed by atoms with Gasteiger partial charge in [0.05, 0.1) is 30.9 Å². The fraction of sp³-hybridized carbons (Fsp3) is 0.273. The largest absolute Gasteiger partial charge is 0.465 e. The number of carbonyl (C=O) groups is 1. The molecular weight excluding hydrogens is 283 g/mol. The second kappa shape index (κ2) is 5.95. The van der Waals surface area contributed by atoms with Gasteiger partial charge in [-0.15, -0.1) is 0 Å². The molecule has 0 bridgehead atoms. The Morgan fingerprint density at radius 3 is 2.58 bits per heavy atom. The molecule has 1 aromatic carbocycles. The zero-order valence-electron chi connectivity index (χ0n) is 9.61. The Bertz CT molecular complexity index is 537. The SMILES string of the molecule is COC(=O)c1cc(C#N)c(CO)c(SC(F)(F)F)c1. The van der Waals surface area contributed by atoms with Gasteiger partial charge >= 0.3 is 11.5 Å². The van der Waals surface area contributed by atoms with Crippen LogP contribution in [0.25, 0.3) is 0 Å². The molecule has 1 rings (SSSR count). The third-order valence-electron chi connectivity index (χ3n) is 2.13. The molecule has 0 aliphatic carbocycles. The van der Waals surface area contributed by atoms with E-state index < -0.39 is 34.7 Å². The summed E-state index contributed by atoms with van der Waals surface area (Å²) in [7, 11) is 1.07. The lowest BCUT2D eigenvalue weighted by Crippen LogP contribution is -2.07. The van der Waals surface area contributed by atoms with Gasteiger partial charge in [0.25, 0.3) is 0 Å². The molecule has 0 spiro atoms. The Morgan fingerprint density at radius 2 is 2.16 bits per heavy atom. The van der Waals surface area contributed by atoms with Crippen molar-refractivity contribution in [3.05, 3.63) is 28.8 Å². The van der Waals surface area contributed by atoms with E-state index in [0.29, 0.717) is 0 Å². The van der Waals surface area contributed by atoms with E-state index in [1.165, 1.54) is 0 Å². The highest BCUT2D eigenvalue weighted by Crippen LogP contribution is 2.40. The number of benzene rings is 1. The molecule has 8 heteroatoms. The van der Waals surface area contributed by atoms with Crippen molar-refractivity contribution >= 4 is 17.7 Å². The van der Waals surface area contributed by atoms with E-state index in [-0.39, 0.29) is 16.7 Å². The molecule has 0 unspecified atom stereocenters. The Balaban J connectivity index is 3.41. The minimum Gasteiger partial charge on any atom is -0.465 e. The lowest BCUT2D eigenvalue weighted by atomic mass is 10.1. The maximum atomic E-state index is 12.4. The van der Waals surface area contributed by atoms with Crippen LogP contribution in [-0.4, -0.2) is 23.7 Å². The summed E-state index contributed by atoms with van der Waals surface area (Å²) in [5.74, 6) is -0.856. The van der Waals surface area contributed by atoms with Crippen molar-refractivity contribution < 1.29 is 27.8 Å². The molecule has 102 valence electrons. The van der Waals surface area contributed by atoms with Gasteiger partial charge in [-0.25, -0.2) is 4.79 Å². The highest BCUT2D eigenvalue weighted by atomic mass is 32.2. The van der Waals surface area contributed by atoms with E-state index in [2.05, 4.69) is 4.74 Å². The first-order valence-corrected chi connectivity index (χ1v) is 5.66. The van der Waals surface area contributed by atoms with Crippen LogP contribution in [0.2, 0.25) is 0 Å². The number of nitriles is 1. The van der Waals surface area contributed by atoms with Crippen LogP contribution < -0.4 is 0 Å². The first-order chi connectivity index (χ1) is 8.82. The summed E-state index contributed by atoms with van der Waals surface area (Å²) in [5.41, 5.74) is -5.14. The van der Waals surface area contributed by atoms with E-state index in [1.807, 2.05) is 0 Å². The smallest absolute Gasteiger partial charge is 0.446 e. The van der Waals surface area contributed by atoms with Gasteiger partial charge in [0.2, 0.25) is 0 Å². The highest BCUT2D eigenvalue weighted by Gasteiger charge is 2.31. The lowest BCUT2D eigenvalue weighted by molar-refractivity contribution is -0.0328. The number of hydrogen-bond acceptors (Lipinski definition) is 5.